The summed E-state index contributed by atoms with van der Waals surface area (Å²) in [6.07, 6.45) is 1.40. The first-order valence-corrected chi connectivity index (χ1v) is 12.4. The van der Waals surface area contributed by atoms with Gasteiger partial charge < -0.3 is 20.1 Å². The lowest BCUT2D eigenvalue weighted by atomic mass is 10.2. The predicted molar refractivity (Wildman–Crippen MR) is 145 cm³/mol. The minimum atomic E-state index is -0.836. The summed E-state index contributed by atoms with van der Waals surface area (Å²) in [5.41, 5.74) is 3.44. The average Bonchev–Trinajstić information content (AvgIpc) is 2.89. The number of halogens is 2. The van der Waals surface area contributed by atoms with Gasteiger partial charge in [-0.15, -0.1) is 0 Å². The molecule has 3 aromatic rings. The van der Waals surface area contributed by atoms with E-state index in [0.29, 0.717) is 33.7 Å². The molecule has 38 heavy (non-hydrogen) atoms. The Morgan fingerprint density at radius 3 is 2.50 bits per heavy atom. The van der Waals surface area contributed by atoms with Crippen LogP contribution in [0.1, 0.15) is 29.8 Å². The molecule has 1 atom stereocenters. The molecule has 9 nitrogen and oxygen atoms in total. The largest absolute Gasteiger partial charge is 0.490 e. The lowest BCUT2D eigenvalue weighted by Gasteiger charge is -2.13. The van der Waals surface area contributed by atoms with Crippen LogP contribution in [0.4, 0.5) is 10.1 Å². The van der Waals surface area contributed by atoms with Gasteiger partial charge in [0.15, 0.2) is 18.1 Å². The van der Waals surface area contributed by atoms with Gasteiger partial charge in [-0.2, -0.15) is 5.10 Å². The van der Waals surface area contributed by atoms with Crippen molar-refractivity contribution in [2.24, 2.45) is 5.10 Å². The molecular formula is C27H26BrFN4O5. The van der Waals surface area contributed by atoms with Gasteiger partial charge in [-0.1, -0.05) is 24.3 Å². The Morgan fingerprint density at radius 1 is 1.03 bits per heavy atom. The van der Waals surface area contributed by atoms with E-state index in [1.165, 1.54) is 24.4 Å². The van der Waals surface area contributed by atoms with Gasteiger partial charge in [-0.25, -0.2) is 9.82 Å². The highest BCUT2D eigenvalue weighted by Gasteiger charge is 2.17. The molecule has 198 valence electrons. The fraction of sp³-hybridized carbons (Fsp3) is 0.185. The summed E-state index contributed by atoms with van der Waals surface area (Å²) in [7, 11) is 0. The van der Waals surface area contributed by atoms with Crippen LogP contribution in [-0.4, -0.2) is 43.2 Å². The summed E-state index contributed by atoms with van der Waals surface area (Å²) in [4.78, 5) is 36.9. The van der Waals surface area contributed by atoms with Crippen molar-refractivity contribution in [2.45, 2.75) is 19.9 Å². The van der Waals surface area contributed by atoms with Crippen LogP contribution in [0, 0.1) is 5.82 Å². The Hall–Kier alpha value is -4.25. The molecular weight excluding hydrogens is 559 g/mol. The molecule has 0 spiro atoms. The van der Waals surface area contributed by atoms with E-state index in [1.807, 2.05) is 0 Å². The molecule has 3 N–H and O–H groups in total. The highest BCUT2D eigenvalue weighted by atomic mass is 79.9. The number of hydrazone groups is 1. The highest BCUT2D eigenvalue weighted by molar-refractivity contribution is 9.10. The monoisotopic (exact) mass is 584 g/mol. The molecule has 0 saturated carbocycles. The van der Waals surface area contributed by atoms with E-state index in [1.54, 1.807) is 62.4 Å². The quantitative estimate of drug-likeness (QED) is 0.230. The smallest absolute Gasteiger partial charge is 0.262 e. The molecule has 3 amide bonds. The summed E-state index contributed by atoms with van der Waals surface area (Å²) >= 11 is 3.31. The van der Waals surface area contributed by atoms with E-state index >= 15 is 0 Å². The lowest BCUT2D eigenvalue weighted by Crippen LogP contribution is -2.43. The fourth-order valence-electron chi connectivity index (χ4n) is 3.14. The van der Waals surface area contributed by atoms with E-state index in [2.05, 4.69) is 37.1 Å². The molecule has 0 aliphatic heterocycles. The van der Waals surface area contributed by atoms with Gasteiger partial charge in [-0.05, 0) is 77.8 Å². The third kappa shape index (κ3) is 8.13. The SMILES string of the molecule is CCOc1cc(C=NNC(=O)C(C)NC(=O)c2ccccc2Br)ccc1OCC(=O)Nc1ccccc1F. The number of carbonyl (C=O) groups is 3. The molecule has 3 aromatic carbocycles. The Morgan fingerprint density at radius 2 is 1.76 bits per heavy atom. The third-order valence-corrected chi connectivity index (χ3v) is 5.71. The van der Waals surface area contributed by atoms with Crippen LogP contribution < -0.4 is 25.5 Å². The molecule has 0 aromatic heterocycles. The van der Waals surface area contributed by atoms with Gasteiger partial charge in [0, 0.05) is 4.47 Å². The van der Waals surface area contributed by atoms with Crippen molar-refractivity contribution in [3.05, 3.63) is 88.1 Å². The minimum Gasteiger partial charge on any atom is -0.490 e. The maximum atomic E-state index is 13.7. The van der Waals surface area contributed by atoms with Crippen LogP contribution in [-0.2, 0) is 9.59 Å². The van der Waals surface area contributed by atoms with Gasteiger partial charge in [0.2, 0.25) is 0 Å². The van der Waals surface area contributed by atoms with Crippen molar-refractivity contribution in [2.75, 3.05) is 18.5 Å². The number of nitrogens with one attached hydrogen (secondary N) is 3. The molecule has 0 aliphatic carbocycles. The standard InChI is InChI=1S/C27H26BrFN4O5/c1-3-37-24-14-18(12-13-23(24)38-16-25(34)32-22-11-7-6-10-21(22)29)15-30-33-26(35)17(2)31-27(36)19-8-4-5-9-20(19)28/h4-15,17H,3,16H2,1-2H3,(H,31,36)(H,32,34)(H,33,35). The third-order valence-electron chi connectivity index (χ3n) is 5.02. The van der Waals surface area contributed by atoms with E-state index in [4.69, 9.17) is 9.47 Å². The molecule has 0 aliphatic rings. The number of benzene rings is 3. The highest BCUT2D eigenvalue weighted by Crippen LogP contribution is 2.28. The summed E-state index contributed by atoms with van der Waals surface area (Å²) in [6.45, 7) is 3.31. The number of carbonyl (C=O) groups excluding carboxylic acids is 3. The molecule has 0 radical (unpaired) electrons. The minimum absolute atomic E-state index is 0.0570. The summed E-state index contributed by atoms with van der Waals surface area (Å²) in [5, 5.41) is 9.00. The second kappa shape index (κ2) is 13.9. The average molecular weight is 585 g/mol. The molecule has 0 heterocycles. The normalized spacial score (nSPS) is 11.5. The van der Waals surface area contributed by atoms with Crippen molar-refractivity contribution in [3.8, 4) is 11.5 Å². The summed E-state index contributed by atoms with van der Waals surface area (Å²) in [6, 6.07) is 16.7. The van der Waals surface area contributed by atoms with Crippen LogP contribution in [0.15, 0.2) is 76.3 Å². The fourth-order valence-corrected chi connectivity index (χ4v) is 3.60. The van der Waals surface area contributed by atoms with Crippen LogP contribution >= 0.6 is 15.9 Å². The van der Waals surface area contributed by atoms with Crippen LogP contribution in [0.5, 0.6) is 11.5 Å². The Labute approximate surface area is 227 Å². The van der Waals surface area contributed by atoms with E-state index < -0.39 is 29.6 Å². The van der Waals surface area contributed by atoms with Crippen LogP contribution in [0.3, 0.4) is 0 Å². The number of hydrogen-bond acceptors (Lipinski definition) is 6. The molecule has 1 unspecified atom stereocenters. The molecule has 0 saturated heterocycles. The maximum absolute atomic E-state index is 13.7. The second-order valence-electron chi connectivity index (χ2n) is 7.87. The number of hydrogen-bond donors (Lipinski definition) is 3. The number of nitrogens with zero attached hydrogens (tertiary/aromatic N) is 1. The van der Waals surface area contributed by atoms with Crippen molar-refractivity contribution in [3.63, 3.8) is 0 Å². The van der Waals surface area contributed by atoms with Crippen LogP contribution in [0.25, 0.3) is 0 Å². The molecule has 3 rings (SSSR count). The first-order valence-electron chi connectivity index (χ1n) is 11.6. The predicted octanol–water partition coefficient (Wildman–Crippen LogP) is 4.27. The Kier molecular flexibility index (Phi) is 10.4. The zero-order valence-electron chi connectivity index (χ0n) is 20.7. The second-order valence-corrected chi connectivity index (χ2v) is 8.72. The first kappa shape index (κ1) is 28.3. The van der Waals surface area contributed by atoms with Crippen molar-refractivity contribution >= 4 is 45.6 Å². The summed E-state index contributed by atoms with van der Waals surface area (Å²) in [5.74, 6) is -1.33. The van der Waals surface area contributed by atoms with Gasteiger partial charge in [-0.3, -0.25) is 14.4 Å². The van der Waals surface area contributed by atoms with E-state index in [-0.39, 0.29) is 12.3 Å². The molecule has 0 fully saturated rings. The Balaban J connectivity index is 1.55. The number of amides is 3. The zero-order valence-corrected chi connectivity index (χ0v) is 22.3. The van der Waals surface area contributed by atoms with Gasteiger partial charge >= 0.3 is 0 Å². The Bertz CT molecular complexity index is 1330. The van der Waals surface area contributed by atoms with Gasteiger partial charge in [0.1, 0.15) is 11.9 Å². The number of ether oxygens (including phenoxy) is 2. The topological polar surface area (TPSA) is 118 Å². The van der Waals surface area contributed by atoms with Crippen molar-refractivity contribution < 1.29 is 28.2 Å². The zero-order chi connectivity index (χ0) is 27.5. The maximum Gasteiger partial charge on any atom is 0.262 e. The van der Waals surface area contributed by atoms with Gasteiger partial charge in [0.05, 0.1) is 24.1 Å². The van der Waals surface area contributed by atoms with E-state index in [9.17, 15) is 18.8 Å². The lowest BCUT2D eigenvalue weighted by molar-refractivity contribution is -0.122. The number of para-hydroxylation sites is 1. The van der Waals surface area contributed by atoms with Crippen molar-refractivity contribution in [1.82, 2.24) is 10.7 Å². The van der Waals surface area contributed by atoms with E-state index in [0.717, 1.165) is 0 Å². The van der Waals surface area contributed by atoms with Gasteiger partial charge in [0.25, 0.3) is 17.7 Å². The van der Waals surface area contributed by atoms with Crippen LogP contribution in [0.2, 0.25) is 0 Å². The molecule has 0 bridgehead atoms. The number of anilines is 1. The molecule has 11 heteroatoms. The summed E-state index contributed by atoms with van der Waals surface area (Å²) < 4.78 is 25.5. The number of rotatable bonds is 11. The first-order chi connectivity index (χ1) is 18.3. The van der Waals surface area contributed by atoms with Crippen molar-refractivity contribution in [1.29, 1.82) is 0 Å².